The van der Waals surface area contributed by atoms with Crippen LogP contribution >= 0.6 is 0 Å². The molecule has 0 saturated heterocycles. The number of carbonyl (C=O) groups excluding carboxylic acids is 1. The molecule has 1 atom stereocenters. The molecule has 0 fully saturated rings. The van der Waals surface area contributed by atoms with Gasteiger partial charge in [0.05, 0.1) is 0 Å². The molecule has 2 aromatic carbocycles. The van der Waals surface area contributed by atoms with Crippen LogP contribution in [0.15, 0.2) is 42.5 Å². The fraction of sp³-hybridized carbons (Fsp3) is 0. The Labute approximate surface area is 99.8 Å². The zero-order valence-electron chi connectivity index (χ0n) is 8.62. The normalized spacial score (nSPS) is 12.1. The maximum atomic E-state index is 11.2. The molecule has 2 N–H and O–H groups in total. The fourth-order valence-corrected chi connectivity index (χ4v) is 1.66. The van der Waals surface area contributed by atoms with E-state index in [1.807, 2.05) is 24.3 Å². The van der Waals surface area contributed by atoms with Crippen molar-refractivity contribution >= 4 is 28.1 Å². The van der Waals surface area contributed by atoms with E-state index in [4.69, 9.17) is 9.29 Å². The van der Waals surface area contributed by atoms with E-state index in [1.54, 1.807) is 22.9 Å². The summed E-state index contributed by atoms with van der Waals surface area (Å²) >= 11 is -2.43. The van der Waals surface area contributed by atoms with E-state index in [-0.39, 0.29) is 0 Å². The lowest BCUT2D eigenvalue weighted by atomic mass is 10.1. The summed E-state index contributed by atoms with van der Waals surface area (Å²) in [5, 5.41) is 1.68. The minimum atomic E-state index is -2.43. The number of hydrogen-bond donors (Lipinski definition) is 2. The van der Waals surface area contributed by atoms with Crippen molar-refractivity contribution in [3.8, 4) is 5.75 Å². The van der Waals surface area contributed by atoms with E-state index in [2.05, 4.69) is 0 Å². The van der Waals surface area contributed by atoms with Crippen molar-refractivity contribution in [2.24, 2.45) is 0 Å². The summed E-state index contributed by atoms with van der Waals surface area (Å²) in [5.41, 5.74) is 0. The lowest BCUT2D eigenvalue weighted by Gasteiger charge is -2.06. The second kappa shape index (κ2) is 4.94. The first-order valence-electron chi connectivity index (χ1n) is 4.74. The van der Waals surface area contributed by atoms with Crippen molar-refractivity contribution in [2.45, 2.75) is 0 Å². The smallest absolute Gasteiger partial charge is 0.409 e. The van der Waals surface area contributed by atoms with Gasteiger partial charge >= 0.3 is 6.09 Å². The number of hydrogen-bond acceptors (Lipinski definition) is 3. The van der Waals surface area contributed by atoms with Gasteiger partial charge in [-0.25, -0.2) is 13.7 Å². The Morgan fingerprint density at radius 2 is 1.88 bits per heavy atom. The van der Waals surface area contributed by atoms with Crippen LogP contribution in [0.3, 0.4) is 0 Å². The van der Waals surface area contributed by atoms with Crippen molar-refractivity contribution in [2.75, 3.05) is 0 Å². The van der Waals surface area contributed by atoms with Gasteiger partial charge in [-0.1, -0.05) is 36.4 Å². The van der Waals surface area contributed by atoms with Crippen LogP contribution in [0.5, 0.6) is 5.75 Å². The maximum absolute atomic E-state index is 11.2. The lowest BCUT2D eigenvalue weighted by molar-refractivity contribution is 0.207. The average Bonchev–Trinajstić information content (AvgIpc) is 2.28. The summed E-state index contributed by atoms with van der Waals surface area (Å²) in [6.45, 7) is 0. The Morgan fingerprint density at radius 1 is 1.18 bits per heavy atom. The highest BCUT2D eigenvalue weighted by Gasteiger charge is 2.08. The summed E-state index contributed by atoms with van der Waals surface area (Å²) in [6.07, 6.45) is -0.970. The molecule has 1 amide bonds. The van der Waals surface area contributed by atoms with Gasteiger partial charge in [-0.2, -0.15) is 0 Å². The van der Waals surface area contributed by atoms with Gasteiger partial charge in [0.15, 0.2) is 0 Å². The number of benzene rings is 2. The minimum absolute atomic E-state index is 0.339. The molecule has 5 nitrogen and oxygen atoms in total. The summed E-state index contributed by atoms with van der Waals surface area (Å²) in [6, 6.07) is 12.6. The molecular weight excluding hydrogens is 242 g/mol. The fourth-order valence-electron chi connectivity index (χ4n) is 1.48. The lowest BCUT2D eigenvalue weighted by Crippen LogP contribution is -2.28. The highest BCUT2D eigenvalue weighted by atomic mass is 32.2. The van der Waals surface area contributed by atoms with Gasteiger partial charge in [-0.15, -0.1) is 0 Å². The molecular formula is C11H9NO4S. The van der Waals surface area contributed by atoms with E-state index >= 15 is 0 Å². The first-order chi connectivity index (χ1) is 8.16. The number of nitrogens with one attached hydrogen (secondary N) is 1. The summed E-state index contributed by atoms with van der Waals surface area (Å²) in [4.78, 5) is 11.2. The molecule has 1 unspecified atom stereocenters. The van der Waals surface area contributed by atoms with Gasteiger partial charge in [-0.3, -0.25) is 4.55 Å². The highest BCUT2D eigenvalue weighted by Crippen LogP contribution is 2.25. The third-order valence-corrected chi connectivity index (χ3v) is 2.46. The van der Waals surface area contributed by atoms with Crippen LogP contribution in [-0.2, 0) is 11.3 Å². The molecule has 0 aliphatic rings. The topological polar surface area (TPSA) is 75.6 Å². The van der Waals surface area contributed by atoms with Gasteiger partial charge in [0.25, 0.3) is 11.3 Å². The van der Waals surface area contributed by atoms with Crippen molar-refractivity contribution in [1.29, 1.82) is 0 Å². The largest absolute Gasteiger partial charge is 0.426 e. The van der Waals surface area contributed by atoms with Gasteiger partial charge in [-0.05, 0) is 11.5 Å². The van der Waals surface area contributed by atoms with Gasteiger partial charge in [0, 0.05) is 5.39 Å². The monoisotopic (exact) mass is 251 g/mol. The third-order valence-electron chi connectivity index (χ3n) is 2.12. The molecule has 0 aliphatic carbocycles. The quantitative estimate of drug-likeness (QED) is 0.801. The molecule has 17 heavy (non-hydrogen) atoms. The molecule has 0 saturated carbocycles. The van der Waals surface area contributed by atoms with Gasteiger partial charge in [0.1, 0.15) is 5.75 Å². The number of fused-ring (bicyclic) bond motifs is 1. The zero-order valence-corrected chi connectivity index (χ0v) is 9.44. The van der Waals surface area contributed by atoms with E-state index in [0.29, 0.717) is 5.75 Å². The van der Waals surface area contributed by atoms with Crippen LogP contribution in [0.4, 0.5) is 4.79 Å². The summed E-state index contributed by atoms with van der Waals surface area (Å²) < 4.78 is 25.5. The Hall–Kier alpha value is -1.92. The van der Waals surface area contributed by atoms with Crippen molar-refractivity contribution in [3.05, 3.63) is 42.5 Å². The van der Waals surface area contributed by atoms with Crippen LogP contribution in [0.25, 0.3) is 10.8 Å². The highest BCUT2D eigenvalue weighted by molar-refractivity contribution is 7.77. The molecule has 6 heteroatoms. The first kappa shape index (κ1) is 11.6. The molecule has 0 heterocycles. The molecule has 0 bridgehead atoms. The van der Waals surface area contributed by atoms with Crippen molar-refractivity contribution < 1.29 is 18.3 Å². The molecule has 2 aromatic rings. The standard InChI is InChI=1S/C11H9NO4S/c13-11(12-17(14)15)16-10-7-3-5-8-4-1-2-6-9(8)10/h1-7H,(H,12,13)(H,14,15). The summed E-state index contributed by atoms with van der Waals surface area (Å²) in [7, 11) is 0. The van der Waals surface area contributed by atoms with Crippen molar-refractivity contribution in [1.82, 2.24) is 4.72 Å². The molecule has 0 aliphatic heterocycles. The maximum Gasteiger partial charge on any atom is 0.426 e. The van der Waals surface area contributed by atoms with Crippen molar-refractivity contribution in [3.63, 3.8) is 0 Å². The van der Waals surface area contributed by atoms with Crippen LogP contribution in [-0.4, -0.2) is 14.9 Å². The van der Waals surface area contributed by atoms with Crippen LogP contribution in [0.2, 0.25) is 0 Å². The van der Waals surface area contributed by atoms with E-state index in [0.717, 1.165) is 10.8 Å². The second-order valence-corrected chi connectivity index (χ2v) is 3.92. The zero-order chi connectivity index (χ0) is 12.3. The molecule has 88 valence electrons. The third kappa shape index (κ3) is 2.80. The number of amides is 1. The number of ether oxygens (including phenoxy) is 1. The van der Waals surface area contributed by atoms with Crippen LogP contribution < -0.4 is 9.46 Å². The van der Waals surface area contributed by atoms with Crippen LogP contribution in [0.1, 0.15) is 0 Å². The summed E-state index contributed by atoms with van der Waals surface area (Å²) in [5.74, 6) is 0.339. The Kier molecular flexibility index (Phi) is 3.36. The average molecular weight is 251 g/mol. The number of rotatable bonds is 2. The van der Waals surface area contributed by atoms with Crippen LogP contribution in [0, 0.1) is 0 Å². The predicted octanol–water partition coefficient (Wildman–Crippen LogP) is 2.06. The molecule has 0 spiro atoms. The minimum Gasteiger partial charge on any atom is -0.409 e. The Balaban J connectivity index is 2.30. The first-order valence-corrected chi connectivity index (χ1v) is 5.84. The Morgan fingerprint density at radius 3 is 2.65 bits per heavy atom. The van der Waals surface area contributed by atoms with E-state index < -0.39 is 17.4 Å². The van der Waals surface area contributed by atoms with Gasteiger partial charge in [0.2, 0.25) is 0 Å². The second-order valence-electron chi connectivity index (χ2n) is 3.22. The molecule has 0 radical (unpaired) electrons. The SMILES string of the molecule is O=C(NS(=O)O)Oc1cccc2ccccc12. The van der Waals surface area contributed by atoms with E-state index in [1.165, 1.54) is 0 Å². The number of carbonyl (C=O) groups is 1. The predicted molar refractivity (Wildman–Crippen MR) is 63.9 cm³/mol. The van der Waals surface area contributed by atoms with E-state index in [9.17, 15) is 9.00 Å². The van der Waals surface area contributed by atoms with Gasteiger partial charge < -0.3 is 4.74 Å². The molecule has 0 aromatic heterocycles. The molecule has 2 rings (SSSR count). The Bertz CT molecular complexity index is 579.